The van der Waals surface area contributed by atoms with Crippen molar-refractivity contribution in [3.8, 4) is 5.75 Å². The molecule has 0 aromatic heterocycles. The monoisotopic (exact) mass is 293 g/mol. The number of nitrogens with zero attached hydrogens (tertiary/aromatic N) is 1. The summed E-state index contributed by atoms with van der Waals surface area (Å²) in [5.41, 5.74) is 0.335. The Hall–Kier alpha value is -2.41. The van der Waals surface area contributed by atoms with Crippen LogP contribution in [0.25, 0.3) is 0 Å². The zero-order valence-corrected chi connectivity index (χ0v) is 11.1. The molecule has 2 aromatic carbocycles. The molecule has 0 saturated heterocycles. The van der Waals surface area contributed by atoms with E-state index in [1.165, 1.54) is 36.4 Å². The molecule has 0 aliphatic rings. The van der Waals surface area contributed by atoms with Crippen LogP contribution < -0.4 is 4.18 Å². The topological polar surface area (TPSA) is 86.5 Å². The summed E-state index contributed by atoms with van der Waals surface area (Å²) in [6, 6.07) is 13.4. The lowest BCUT2D eigenvalue weighted by Gasteiger charge is -2.06. The molecule has 0 bridgehead atoms. The average molecular weight is 293 g/mol. The molecule has 2 aromatic rings. The van der Waals surface area contributed by atoms with E-state index in [9.17, 15) is 18.5 Å². The summed E-state index contributed by atoms with van der Waals surface area (Å²) in [4.78, 5) is 9.96. The smallest absolute Gasteiger partial charge is 0.313 e. The minimum Gasteiger partial charge on any atom is -0.382 e. The molecule has 0 radical (unpaired) electrons. The third-order valence-corrected chi connectivity index (χ3v) is 3.59. The molecule has 20 heavy (non-hydrogen) atoms. The van der Waals surface area contributed by atoms with Gasteiger partial charge in [-0.25, -0.2) is 0 Å². The van der Waals surface area contributed by atoms with E-state index in [1.807, 2.05) is 0 Å². The van der Waals surface area contributed by atoms with Crippen LogP contribution in [0.3, 0.4) is 0 Å². The Balaban J connectivity index is 2.10. The summed E-state index contributed by atoms with van der Waals surface area (Å²) < 4.78 is 28.6. The molecule has 0 amide bonds. The van der Waals surface area contributed by atoms with Crippen LogP contribution >= 0.6 is 0 Å². The predicted octanol–water partition coefficient (Wildman–Crippen LogP) is 2.50. The van der Waals surface area contributed by atoms with Crippen molar-refractivity contribution >= 4 is 15.8 Å². The quantitative estimate of drug-likeness (QED) is 0.480. The van der Waals surface area contributed by atoms with E-state index in [0.29, 0.717) is 5.56 Å². The Morgan fingerprint density at radius 2 is 1.60 bits per heavy atom. The lowest BCUT2D eigenvalue weighted by Crippen LogP contribution is -2.12. The number of benzene rings is 2. The second kappa shape index (κ2) is 5.70. The number of non-ortho nitro benzene ring substituents is 1. The van der Waals surface area contributed by atoms with Gasteiger partial charge in [0.15, 0.2) is 0 Å². The number of rotatable bonds is 5. The first kappa shape index (κ1) is 14.0. The van der Waals surface area contributed by atoms with Crippen molar-refractivity contribution in [2.45, 2.75) is 5.75 Å². The Kier molecular flexibility index (Phi) is 3.99. The van der Waals surface area contributed by atoms with E-state index in [1.54, 1.807) is 18.2 Å². The molecule has 0 N–H and O–H groups in total. The maximum Gasteiger partial charge on any atom is 0.313 e. The largest absolute Gasteiger partial charge is 0.382 e. The highest BCUT2D eigenvalue weighted by Crippen LogP contribution is 2.17. The summed E-state index contributed by atoms with van der Waals surface area (Å²) in [6.45, 7) is 0. The van der Waals surface area contributed by atoms with Crippen molar-refractivity contribution in [1.29, 1.82) is 0 Å². The van der Waals surface area contributed by atoms with Crippen LogP contribution in [0.2, 0.25) is 0 Å². The number of hydrogen-bond donors (Lipinski definition) is 0. The summed E-state index contributed by atoms with van der Waals surface area (Å²) >= 11 is 0. The summed E-state index contributed by atoms with van der Waals surface area (Å²) in [6.07, 6.45) is 0. The van der Waals surface area contributed by atoms with Gasteiger partial charge < -0.3 is 4.18 Å². The fourth-order valence-electron chi connectivity index (χ4n) is 1.57. The van der Waals surface area contributed by atoms with E-state index >= 15 is 0 Å². The van der Waals surface area contributed by atoms with Crippen molar-refractivity contribution in [2.24, 2.45) is 0 Å². The Labute approximate surface area is 115 Å². The first-order valence-electron chi connectivity index (χ1n) is 5.67. The van der Waals surface area contributed by atoms with Gasteiger partial charge in [0.25, 0.3) is 5.69 Å². The third kappa shape index (κ3) is 3.79. The van der Waals surface area contributed by atoms with Crippen LogP contribution in [0.5, 0.6) is 5.75 Å². The van der Waals surface area contributed by atoms with Gasteiger partial charge in [-0.1, -0.05) is 30.3 Å². The minimum atomic E-state index is -3.79. The molecular formula is C13H11NO5S. The molecule has 0 aliphatic heterocycles. The van der Waals surface area contributed by atoms with Gasteiger partial charge in [0, 0.05) is 12.1 Å². The molecule has 0 atom stereocenters. The second-order valence-corrected chi connectivity index (χ2v) is 5.59. The third-order valence-electron chi connectivity index (χ3n) is 2.46. The van der Waals surface area contributed by atoms with Gasteiger partial charge in [0.1, 0.15) is 11.5 Å². The van der Waals surface area contributed by atoms with Gasteiger partial charge in [0.05, 0.1) is 4.92 Å². The predicted molar refractivity (Wildman–Crippen MR) is 72.8 cm³/mol. The van der Waals surface area contributed by atoms with Crippen molar-refractivity contribution in [1.82, 2.24) is 0 Å². The first-order valence-corrected chi connectivity index (χ1v) is 7.24. The van der Waals surface area contributed by atoms with Gasteiger partial charge >= 0.3 is 10.1 Å². The highest BCUT2D eigenvalue weighted by molar-refractivity contribution is 7.86. The normalized spacial score (nSPS) is 11.0. The molecule has 0 spiro atoms. The highest BCUT2D eigenvalue weighted by atomic mass is 32.2. The second-order valence-electron chi connectivity index (χ2n) is 4.02. The first-order chi connectivity index (χ1) is 9.46. The van der Waals surface area contributed by atoms with Gasteiger partial charge in [-0.2, -0.15) is 8.42 Å². The van der Waals surface area contributed by atoms with Gasteiger partial charge in [-0.15, -0.1) is 0 Å². The van der Waals surface area contributed by atoms with Crippen LogP contribution in [-0.4, -0.2) is 13.3 Å². The maximum atomic E-state index is 11.8. The molecular weight excluding hydrogens is 282 g/mol. The fraction of sp³-hybridized carbons (Fsp3) is 0.0769. The molecule has 7 heteroatoms. The Morgan fingerprint density at radius 3 is 2.15 bits per heavy atom. The molecule has 0 unspecified atom stereocenters. The lowest BCUT2D eigenvalue weighted by molar-refractivity contribution is -0.384. The van der Waals surface area contributed by atoms with Crippen LogP contribution in [0, 0.1) is 10.1 Å². The molecule has 0 heterocycles. The van der Waals surface area contributed by atoms with Crippen molar-refractivity contribution in [2.75, 3.05) is 0 Å². The van der Waals surface area contributed by atoms with E-state index in [0.717, 1.165) is 0 Å². The standard InChI is InChI=1S/C13H11NO5S/c15-14(16)12-8-6-11(7-9-12)10-20(17,18)19-13-4-2-1-3-5-13/h1-9H,10H2. The van der Waals surface area contributed by atoms with Gasteiger partial charge in [-0.3, -0.25) is 10.1 Å². The minimum absolute atomic E-state index is 0.0878. The number of nitro groups is 1. The summed E-state index contributed by atoms with van der Waals surface area (Å²) in [5, 5.41) is 10.5. The molecule has 2 rings (SSSR count). The molecule has 0 fully saturated rings. The Morgan fingerprint density at radius 1 is 1.00 bits per heavy atom. The van der Waals surface area contributed by atoms with Crippen molar-refractivity contribution in [3.63, 3.8) is 0 Å². The van der Waals surface area contributed by atoms with Gasteiger partial charge in [-0.05, 0) is 17.7 Å². The lowest BCUT2D eigenvalue weighted by atomic mass is 10.2. The number of para-hydroxylation sites is 1. The van der Waals surface area contributed by atoms with Crippen molar-refractivity contribution < 1.29 is 17.5 Å². The highest BCUT2D eigenvalue weighted by Gasteiger charge is 2.15. The van der Waals surface area contributed by atoms with E-state index in [2.05, 4.69) is 0 Å². The molecule has 104 valence electrons. The van der Waals surface area contributed by atoms with Crippen LogP contribution in [0.15, 0.2) is 54.6 Å². The number of nitro benzene ring substituents is 1. The molecule has 0 saturated carbocycles. The molecule has 0 aliphatic carbocycles. The van der Waals surface area contributed by atoms with Crippen molar-refractivity contribution in [3.05, 3.63) is 70.3 Å². The van der Waals surface area contributed by atoms with E-state index < -0.39 is 15.0 Å². The fourth-order valence-corrected chi connectivity index (χ4v) is 2.63. The number of hydrogen-bond acceptors (Lipinski definition) is 5. The van der Waals surface area contributed by atoms with Gasteiger partial charge in [0.2, 0.25) is 0 Å². The van der Waals surface area contributed by atoms with Crippen LogP contribution in [-0.2, 0) is 15.9 Å². The van der Waals surface area contributed by atoms with Crippen LogP contribution in [0.1, 0.15) is 5.56 Å². The summed E-state index contributed by atoms with van der Waals surface area (Å²) in [7, 11) is -3.79. The maximum absolute atomic E-state index is 11.8. The zero-order valence-electron chi connectivity index (χ0n) is 10.3. The van der Waals surface area contributed by atoms with E-state index in [-0.39, 0.29) is 17.2 Å². The SMILES string of the molecule is O=[N+]([O-])c1ccc(CS(=O)(=O)Oc2ccccc2)cc1. The Bertz CT molecular complexity index is 695. The van der Waals surface area contributed by atoms with Crippen LogP contribution in [0.4, 0.5) is 5.69 Å². The summed E-state index contributed by atoms with van der Waals surface area (Å²) in [5.74, 6) is -0.116. The zero-order chi connectivity index (χ0) is 14.6. The van der Waals surface area contributed by atoms with E-state index in [4.69, 9.17) is 4.18 Å². The molecule has 6 nitrogen and oxygen atoms in total. The average Bonchev–Trinajstić information content (AvgIpc) is 2.39.